The quantitative estimate of drug-likeness (QED) is 0.820. The number of hydrogen-bond donors (Lipinski definition) is 2. The molecule has 0 spiro atoms. The second-order valence-corrected chi connectivity index (χ2v) is 9.59. The van der Waals surface area contributed by atoms with Crippen LogP contribution in [0.1, 0.15) is 51.0 Å². The van der Waals surface area contributed by atoms with Crippen LogP contribution in [-0.4, -0.2) is 21.7 Å². The lowest BCUT2D eigenvalue weighted by Crippen LogP contribution is -2.61. The summed E-state index contributed by atoms with van der Waals surface area (Å²) in [6.45, 7) is 3.24. The molecule has 4 aliphatic carbocycles. The van der Waals surface area contributed by atoms with Crippen molar-refractivity contribution in [3.05, 3.63) is 54.4 Å². The second kappa shape index (κ2) is 6.42. The van der Waals surface area contributed by atoms with Crippen molar-refractivity contribution in [3.8, 4) is 11.1 Å². The number of benzene rings is 1. The SMILES string of the molecule is CC(NCc1ccc(-c2cccnc2)cc1)C12CC3CC(CC(O)(C3)C1)C2. The van der Waals surface area contributed by atoms with Crippen LogP contribution in [0.2, 0.25) is 0 Å². The largest absolute Gasteiger partial charge is 0.390 e. The van der Waals surface area contributed by atoms with Crippen LogP contribution in [0.4, 0.5) is 0 Å². The molecule has 4 aliphatic rings. The normalized spacial score (nSPS) is 35.3. The van der Waals surface area contributed by atoms with E-state index in [0.29, 0.717) is 11.5 Å². The lowest BCUT2D eigenvalue weighted by atomic mass is 9.46. The Hall–Kier alpha value is -1.71. The standard InChI is InChI=1S/C24H30N2O/c1-17(23-10-19-9-20(11-23)13-24(27,12-19)16-23)26-14-18-4-6-21(7-5-18)22-3-2-8-25-15-22/h2-8,15,17,19-20,26-27H,9-14,16H2,1H3. The monoisotopic (exact) mass is 362 g/mol. The molecule has 3 heteroatoms. The first-order valence-electron chi connectivity index (χ1n) is 10.5. The maximum atomic E-state index is 11.0. The van der Waals surface area contributed by atoms with E-state index in [2.05, 4.69) is 47.6 Å². The summed E-state index contributed by atoms with van der Waals surface area (Å²) in [5, 5.41) is 14.8. The van der Waals surface area contributed by atoms with Crippen LogP contribution in [0, 0.1) is 17.3 Å². The Bertz CT molecular complexity index is 787. The van der Waals surface area contributed by atoms with Crippen LogP contribution in [-0.2, 0) is 6.54 Å². The van der Waals surface area contributed by atoms with Gasteiger partial charge in [-0.3, -0.25) is 4.98 Å². The van der Waals surface area contributed by atoms with Gasteiger partial charge in [-0.2, -0.15) is 0 Å². The van der Waals surface area contributed by atoms with Crippen molar-refractivity contribution in [1.29, 1.82) is 0 Å². The van der Waals surface area contributed by atoms with Gasteiger partial charge in [0.05, 0.1) is 5.60 Å². The number of aliphatic hydroxyl groups is 1. The summed E-state index contributed by atoms with van der Waals surface area (Å²) < 4.78 is 0. The van der Waals surface area contributed by atoms with Gasteiger partial charge in [-0.25, -0.2) is 0 Å². The van der Waals surface area contributed by atoms with Gasteiger partial charge in [-0.15, -0.1) is 0 Å². The second-order valence-electron chi connectivity index (χ2n) is 9.59. The number of nitrogens with one attached hydrogen (secondary N) is 1. The van der Waals surface area contributed by atoms with Gasteiger partial charge < -0.3 is 10.4 Å². The lowest BCUT2D eigenvalue weighted by Gasteiger charge is -2.62. The maximum absolute atomic E-state index is 11.0. The van der Waals surface area contributed by atoms with Gasteiger partial charge in [-0.1, -0.05) is 30.3 Å². The van der Waals surface area contributed by atoms with E-state index in [1.807, 2.05) is 18.5 Å². The molecule has 3 nitrogen and oxygen atoms in total. The van der Waals surface area contributed by atoms with Crippen LogP contribution in [0.15, 0.2) is 48.8 Å². The molecule has 2 N–H and O–H groups in total. The van der Waals surface area contributed by atoms with Crippen molar-refractivity contribution < 1.29 is 5.11 Å². The van der Waals surface area contributed by atoms with E-state index in [0.717, 1.165) is 43.2 Å². The van der Waals surface area contributed by atoms with E-state index in [4.69, 9.17) is 0 Å². The maximum Gasteiger partial charge on any atom is 0.0659 e. The fourth-order valence-electron chi connectivity index (χ4n) is 6.63. The van der Waals surface area contributed by atoms with Crippen molar-refractivity contribution in [2.24, 2.45) is 17.3 Å². The molecule has 0 aliphatic heterocycles. The Morgan fingerprint density at radius 3 is 2.44 bits per heavy atom. The van der Waals surface area contributed by atoms with Gasteiger partial charge in [0, 0.05) is 25.0 Å². The smallest absolute Gasteiger partial charge is 0.0659 e. The Morgan fingerprint density at radius 1 is 1.07 bits per heavy atom. The van der Waals surface area contributed by atoms with Crippen molar-refractivity contribution in [1.82, 2.24) is 10.3 Å². The highest BCUT2D eigenvalue weighted by atomic mass is 16.3. The molecule has 3 unspecified atom stereocenters. The molecule has 2 aromatic rings. The Morgan fingerprint density at radius 2 is 1.81 bits per heavy atom. The van der Waals surface area contributed by atoms with Crippen LogP contribution < -0.4 is 5.32 Å². The Kier molecular flexibility index (Phi) is 4.14. The van der Waals surface area contributed by atoms with Crippen LogP contribution in [0.5, 0.6) is 0 Å². The summed E-state index contributed by atoms with van der Waals surface area (Å²) in [5.74, 6) is 1.50. The highest BCUT2D eigenvalue weighted by Gasteiger charge is 2.58. The highest BCUT2D eigenvalue weighted by molar-refractivity contribution is 5.62. The molecule has 4 saturated carbocycles. The highest BCUT2D eigenvalue weighted by Crippen LogP contribution is 2.62. The van der Waals surface area contributed by atoms with Gasteiger partial charge in [0.2, 0.25) is 0 Å². The number of nitrogens with zero attached hydrogens (tertiary/aromatic N) is 1. The predicted octanol–water partition coefficient (Wildman–Crippen LogP) is 4.56. The van der Waals surface area contributed by atoms with Gasteiger partial charge in [-0.05, 0) is 85.5 Å². The van der Waals surface area contributed by atoms with Crippen LogP contribution >= 0.6 is 0 Å². The Labute approximate surface area is 162 Å². The molecule has 0 amide bonds. The minimum absolute atomic E-state index is 0.300. The van der Waals surface area contributed by atoms with Crippen LogP contribution in [0.25, 0.3) is 11.1 Å². The number of pyridine rings is 1. The van der Waals surface area contributed by atoms with Crippen molar-refractivity contribution in [3.63, 3.8) is 0 Å². The molecular formula is C24H30N2O. The van der Waals surface area contributed by atoms with Crippen molar-refractivity contribution >= 4 is 0 Å². The summed E-state index contributed by atoms with van der Waals surface area (Å²) in [6.07, 6.45) is 10.8. The van der Waals surface area contributed by atoms with E-state index in [-0.39, 0.29) is 5.60 Å². The zero-order valence-corrected chi connectivity index (χ0v) is 16.2. The Balaban J connectivity index is 1.25. The van der Waals surface area contributed by atoms with E-state index in [1.54, 1.807) is 0 Å². The molecule has 1 aromatic carbocycles. The third-order valence-electron chi connectivity index (χ3n) is 7.56. The summed E-state index contributed by atoms with van der Waals surface area (Å²) in [4.78, 5) is 4.21. The average Bonchev–Trinajstić information content (AvgIpc) is 2.65. The van der Waals surface area contributed by atoms with E-state index < -0.39 is 0 Å². The van der Waals surface area contributed by atoms with Gasteiger partial charge in [0.25, 0.3) is 0 Å². The molecule has 4 bridgehead atoms. The number of hydrogen-bond acceptors (Lipinski definition) is 3. The topological polar surface area (TPSA) is 45.2 Å². The van der Waals surface area contributed by atoms with Crippen LogP contribution in [0.3, 0.4) is 0 Å². The number of rotatable bonds is 5. The summed E-state index contributed by atoms with van der Waals surface area (Å²) in [7, 11) is 0. The molecule has 4 fully saturated rings. The fourth-order valence-corrected chi connectivity index (χ4v) is 6.63. The van der Waals surface area contributed by atoms with Crippen molar-refractivity contribution in [2.45, 2.75) is 63.6 Å². The van der Waals surface area contributed by atoms with Gasteiger partial charge in [0.1, 0.15) is 0 Å². The first kappa shape index (κ1) is 17.4. The fraction of sp³-hybridized carbons (Fsp3) is 0.542. The molecule has 1 aromatic heterocycles. The first-order valence-corrected chi connectivity index (χ1v) is 10.5. The minimum atomic E-state index is -0.370. The van der Waals surface area contributed by atoms with Gasteiger partial charge in [0.15, 0.2) is 0 Å². The minimum Gasteiger partial charge on any atom is -0.390 e. The zero-order chi connectivity index (χ0) is 18.5. The molecule has 142 valence electrons. The third kappa shape index (κ3) is 3.21. The molecule has 27 heavy (non-hydrogen) atoms. The average molecular weight is 363 g/mol. The lowest BCUT2D eigenvalue weighted by molar-refractivity contribution is -0.172. The molecule has 3 atom stereocenters. The first-order chi connectivity index (χ1) is 13.0. The number of aromatic nitrogens is 1. The van der Waals surface area contributed by atoms with E-state index in [1.165, 1.54) is 30.4 Å². The van der Waals surface area contributed by atoms with Gasteiger partial charge >= 0.3 is 0 Å². The molecular weight excluding hydrogens is 332 g/mol. The zero-order valence-electron chi connectivity index (χ0n) is 16.2. The third-order valence-corrected chi connectivity index (χ3v) is 7.56. The molecule has 0 radical (unpaired) electrons. The summed E-state index contributed by atoms with van der Waals surface area (Å²) in [6, 6.07) is 13.3. The van der Waals surface area contributed by atoms with E-state index >= 15 is 0 Å². The van der Waals surface area contributed by atoms with Crippen molar-refractivity contribution in [2.75, 3.05) is 0 Å². The van der Waals surface area contributed by atoms with E-state index in [9.17, 15) is 5.11 Å². The molecule has 0 saturated heterocycles. The predicted molar refractivity (Wildman–Crippen MR) is 108 cm³/mol. The summed E-state index contributed by atoms with van der Waals surface area (Å²) >= 11 is 0. The molecule has 1 heterocycles. The summed E-state index contributed by atoms with van der Waals surface area (Å²) in [5.41, 5.74) is 3.62. The molecule has 6 rings (SSSR count).